The Morgan fingerprint density at radius 3 is 2.39 bits per heavy atom. The maximum absolute atomic E-state index is 13.4. The van der Waals surface area contributed by atoms with Crippen molar-refractivity contribution in [3.8, 4) is 5.75 Å². The van der Waals surface area contributed by atoms with Crippen LogP contribution in [0.15, 0.2) is 12.1 Å². The third-order valence-corrected chi connectivity index (χ3v) is 2.24. The monoisotopic (exact) mass is 258 g/mol. The molecule has 0 radical (unpaired) electrons. The molecule has 0 amide bonds. The van der Waals surface area contributed by atoms with Crippen LogP contribution < -0.4 is 4.74 Å². The van der Waals surface area contributed by atoms with Gasteiger partial charge in [-0.25, -0.2) is 13.6 Å². The van der Waals surface area contributed by atoms with Gasteiger partial charge in [0.1, 0.15) is 6.29 Å². The topological polar surface area (TPSA) is 63.6 Å². The van der Waals surface area contributed by atoms with E-state index in [0.29, 0.717) is 6.42 Å². The first-order valence-corrected chi connectivity index (χ1v) is 5.33. The SMILES string of the molecule is CCCC(Oc1c(F)cc(C=O)cc1F)C(=O)O. The summed E-state index contributed by atoms with van der Waals surface area (Å²) in [5.74, 6) is -4.27. The fraction of sp³-hybridized carbons (Fsp3) is 0.333. The van der Waals surface area contributed by atoms with Crippen molar-refractivity contribution in [1.82, 2.24) is 0 Å². The molecule has 0 spiro atoms. The molecule has 0 fully saturated rings. The molecule has 1 aromatic carbocycles. The van der Waals surface area contributed by atoms with Crippen molar-refractivity contribution in [2.45, 2.75) is 25.9 Å². The molecule has 4 nitrogen and oxygen atoms in total. The third-order valence-electron chi connectivity index (χ3n) is 2.24. The van der Waals surface area contributed by atoms with E-state index in [4.69, 9.17) is 9.84 Å². The molecule has 1 unspecified atom stereocenters. The first-order valence-electron chi connectivity index (χ1n) is 5.33. The summed E-state index contributed by atoms with van der Waals surface area (Å²) in [6.07, 6.45) is -0.409. The number of carbonyl (C=O) groups excluding carboxylic acids is 1. The van der Waals surface area contributed by atoms with E-state index in [1.807, 2.05) is 0 Å². The normalized spacial score (nSPS) is 11.9. The van der Waals surface area contributed by atoms with Crippen LogP contribution in [0.25, 0.3) is 0 Å². The fourth-order valence-corrected chi connectivity index (χ4v) is 1.40. The molecule has 18 heavy (non-hydrogen) atoms. The Labute approximate surface area is 102 Å². The number of hydrogen-bond acceptors (Lipinski definition) is 3. The van der Waals surface area contributed by atoms with Gasteiger partial charge in [0.25, 0.3) is 0 Å². The lowest BCUT2D eigenvalue weighted by Crippen LogP contribution is -2.27. The lowest BCUT2D eigenvalue weighted by molar-refractivity contribution is -0.145. The number of rotatable bonds is 6. The van der Waals surface area contributed by atoms with Gasteiger partial charge in [0.15, 0.2) is 23.5 Å². The highest BCUT2D eigenvalue weighted by molar-refractivity contribution is 5.75. The second-order valence-electron chi connectivity index (χ2n) is 3.66. The summed E-state index contributed by atoms with van der Waals surface area (Å²) in [6, 6.07) is 1.58. The lowest BCUT2D eigenvalue weighted by atomic mass is 10.2. The van der Waals surface area contributed by atoms with Gasteiger partial charge in [0, 0.05) is 5.56 Å². The van der Waals surface area contributed by atoms with Crippen molar-refractivity contribution in [2.24, 2.45) is 0 Å². The molecule has 0 aromatic heterocycles. The van der Waals surface area contributed by atoms with Crippen molar-refractivity contribution < 1.29 is 28.2 Å². The first-order chi connectivity index (χ1) is 8.49. The van der Waals surface area contributed by atoms with Crippen molar-refractivity contribution in [2.75, 3.05) is 0 Å². The van der Waals surface area contributed by atoms with E-state index in [1.165, 1.54) is 0 Å². The summed E-state index contributed by atoms with van der Waals surface area (Å²) < 4.78 is 31.7. The quantitative estimate of drug-likeness (QED) is 0.796. The van der Waals surface area contributed by atoms with Gasteiger partial charge in [-0.2, -0.15) is 0 Å². The minimum atomic E-state index is -1.32. The summed E-state index contributed by atoms with van der Waals surface area (Å²) in [5.41, 5.74) is -0.181. The Morgan fingerprint density at radius 1 is 1.44 bits per heavy atom. The zero-order valence-corrected chi connectivity index (χ0v) is 9.65. The van der Waals surface area contributed by atoms with Crippen LogP contribution in [0.2, 0.25) is 0 Å². The molecule has 0 saturated heterocycles. The smallest absolute Gasteiger partial charge is 0.344 e. The Kier molecular flexibility index (Phi) is 4.76. The fourth-order valence-electron chi connectivity index (χ4n) is 1.40. The second kappa shape index (κ2) is 6.09. The van der Waals surface area contributed by atoms with Crippen molar-refractivity contribution in [3.05, 3.63) is 29.3 Å². The van der Waals surface area contributed by atoms with Gasteiger partial charge in [-0.3, -0.25) is 4.79 Å². The number of hydrogen-bond donors (Lipinski definition) is 1. The van der Waals surface area contributed by atoms with E-state index in [9.17, 15) is 18.4 Å². The van der Waals surface area contributed by atoms with Gasteiger partial charge < -0.3 is 9.84 Å². The van der Waals surface area contributed by atoms with Crippen LogP contribution >= 0.6 is 0 Å². The number of aldehydes is 1. The molecule has 0 aliphatic heterocycles. The number of ether oxygens (including phenoxy) is 1. The van der Waals surface area contributed by atoms with Gasteiger partial charge in [0.05, 0.1) is 0 Å². The van der Waals surface area contributed by atoms with Crippen LogP contribution in [0.3, 0.4) is 0 Å². The molecule has 0 bridgehead atoms. The highest BCUT2D eigenvalue weighted by Gasteiger charge is 2.22. The average Bonchev–Trinajstić information content (AvgIpc) is 2.31. The zero-order chi connectivity index (χ0) is 13.7. The van der Waals surface area contributed by atoms with E-state index in [1.54, 1.807) is 6.92 Å². The molecule has 1 atom stereocenters. The zero-order valence-electron chi connectivity index (χ0n) is 9.65. The van der Waals surface area contributed by atoms with Gasteiger partial charge in [-0.1, -0.05) is 13.3 Å². The van der Waals surface area contributed by atoms with Crippen molar-refractivity contribution >= 4 is 12.3 Å². The predicted molar refractivity (Wildman–Crippen MR) is 58.7 cm³/mol. The van der Waals surface area contributed by atoms with Crippen LogP contribution in [0.5, 0.6) is 5.75 Å². The third kappa shape index (κ3) is 3.26. The van der Waals surface area contributed by atoms with E-state index in [0.717, 1.165) is 12.1 Å². The maximum Gasteiger partial charge on any atom is 0.344 e. The molecule has 1 rings (SSSR count). The standard InChI is InChI=1S/C12H12F2O4/c1-2-3-10(12(16)17)18-11-8(13)4-7(6-15)5-9(11)14/h4-6,10H,2-3H2,1H3,(H,16,17). The molecular formula is C12H12F2O4. The van der Waals surface area contributed by atoms with Crippen LogP contribution in [0.4, 0.5) is 8.78 Å². The minimum absolute atomic E-state index is 0.129. The number of carboxylic acids is 1. The summed E-state index contributed by atoms with van der Waals surface area (Å²) >= 11 is 0. The van der Waals surface area contributed by atoms with Crippen molar-refractivity contribution in [3.63, 3.8) is 0 Å². The largest absolute Gasteiger partial charge is 0.479 e. The molecule has 0 heterocycles. The van der Waals surface area contributed by atoms with Crippen LogP contribution in [-0.4, -0.2) is 23.5 Å². The van der Waals surface area contributed by atoms with E-state index < -0.39 is 29.5 Å². The summed E-state index contributed by atoms with van der Waals surface area (Å²) in [4.78, 5) is 21.2. The minimum Gasteiger partial charge on any atom is -0.479 e. The molecule has 1 N–H and O–H groups in total. The average molecular weight is 258 g/mol. The summed E-state index contributed by atoms with van der Waals surface area (Å²) in [6.45, 7) is 1.72. The molecule has 1 aromatic rings. The van der Waals surface area contributed by atoms with Crippen LogP contribution in [0.1, 0.15) is 30.1 Å². The second-order valence-corrected chi connectivity index (χ2v) is 3.66. The number of aliphatic carboxylic acids is 1. The molecule has 6 heteroatoms. The van der Waals surface area contributed by atoms with Gasteiger partial charge >= 0.3 is 5.97 Å². The van der Waals surface area contributed by atoms with Crippen LogP contribution in [-0.2, 0) is 4.79 Å². The molecule has 0 saturated carbocycles. The summed E-state index contributed by atoms with van der Waals surface area (Å²) in [5, 5.41) is 8.82. The maximum atomic E-state index is 13.4. The van der Waals surface area contributed by atoms with Gasteiger partial charge in [-0.05, 0) is 18.6 Å². The number of halogens is 2. The lowest BCUT2D eigenvalue weighted by Gasteiger charge is -2.15. The Balaban J connectivity index is 3.02. The molecule has 0 aliphatic carbocycles. The highest BCUT2D eigenvalue weighted by Crippen LogP contribution is 2.24. The molecule has 98 valence electrons. The molecule has 0 aliphatic rings. The molecular weight excluding hydrogens is 246 g/mol. The van der Waals surface area contributed by atoms with Gasteiger partial charge in [0.2, 0.25) is 0 Å². The van der Waals surface area contributed by atoms with Crippen molar-refractivity contribution in [1.29, 1.82) is 0 Å². The number of carbonyl (C=O) groups is 2. The summed E-state index contributed by atoms with van der Waals surface area (Å²) in [7, 11) is 0. The van der Waals surface area contributed by atoms with Gasteiger partial charge in [-0.15, -0.1) is 0 Å². The van der Waals surface area contributed by atoms with Crippen LogP contribution in [0, 0.1) is 11.6 Å². The Hall–Kier alpha value is -1.98. The Morgan fingerprint density at radius 2 is 2.00 bits per heavy atom. The number of benzene rings is 1. The predicted octanol–water partition coefficient (Wildman–Crippen LogP) is 2.41. The van der Waals surface area contributed by atoms with E-state index in [-0.39, 0.29) is 18.3 Å². The van der Waals surface area contributed by atoms with E-state index >= 15 is 0 Å². The Bertz CT molecular complexity index is 436. The first kappa shape index (κ1) is 14.1. The number of carboxylic acid groups (broad SMARTS) is 1. The highest BCUT2D eigenvalue weighted by atomic mass is 19.1. The van der Waals surface area contributed by atoms with E-state index in [2.05, 4.69) is 0 Å².